The molecular formula is C39H65N5O7S. The second-order valence-corrected chi connectivity index (χ2v) is 20.7. The molecule has 3 aliphatic rings. The smallest absolute Gasteiger partial charge is 0.315 e. The van der Waals surface area contributed by atoms with Gasteiger partial charge in [-0.3, -0.25) is 19.2 Å². The van der Waals surface area contributed by atoms with Gasteiger partial charge in [0, 0.05) is 13.1 Å². The summed E-state index contributed by atoms with van der Waals surface area (Å²) in [4.78, 5) is 70.5. The molecule has 5 amide bonds. The summed E-state index contributed by atoms with van der Waals surface area (Å²) in [7, 11) is -3.58. The zero-order chi connectivity index (χ0) is 39.3. The Kier molecular flexibility index (Phi) is 14.0. The van der Waals surface area contributed by atoms with Crippen molar-refractivity contribution in [2.75, 3.05) is 18.8 Å². The number of hydrogen-bond donors (Lipinski definition) is 4. The molecule has 4 N–H and O–H groups in total. The molecule has 0 bridgehead atoms. The minimum atomic E-state index is -3.58. The quantitative estimate of drug-likeness (QED) is 0.140. The van der Waals surface area contributed by atoms with E-state index in [1.807, 2.05) is 34.6 Å². The van der Waals surface area contributed by atoms with Crippen LogP contribution >= 0.6 is 0 Å². The Morgan fingerprint density at radius 2 is 1.50 bits per heavy atom. The number of urea groups is 1. The monoisotopic (exact) mass is 747 g/mol. The number of rotatable bonds is 15. The van der Waals surface area contributed by atoms with Crippen molar-refractivity contribution in [1.29, 1.82) is 0 Å². The van der Waals surface area contributed by atoms with Crippen LogP contribution in [0, 0.1) is 22.7 Å². The Morgan fingerprint density at radius 1 is 0.885 bits per heavy atom. The van der Waals surface area contributed by atoms with Crippen LogP contribution < -0.4 is 21.3 Å². The summed E-state index contributed by atoms with van der Waals surface area (Å²) in [5.41, 5.74) is -2.36. The molecule has 0 radical (unpaired) electrons. The number of allylic oxidation sites excluding steroid dienone is 1. The zero-order valence-corrected chi connectivity index (χ0v) is 33.7. The summed E-state index contributed by atoms with van der Waals surface area (Å²) in [5.74, 6) is -2.92. The van der Waals surface area contributed by atoms with E-state index in [9.17, 15) is 32.4 Å². The molecular weight excluding hydrogens is 683 g/mol. The Hall–Kier alpha value is -3.22. The third-order valence-corrected chi connectivity index (χ3v) is 14.3. The van der Waals surface area contributed by atoms with Gasteiger partial charge in [0.15, 0.2) is 9.84 Å². The summed E-state index contributed by atoms with van der Waals surface area (Å²) in [5, 5.41) is 11.3. The summed E-state index contributed by atoms with van der Waals surface area (Å²) in [6.45, 7) is 22.2. The molecule has 0 aromatic carbocycles. The van der Waals surface area contributed by atoms with Crippen molar-refractivity contribution in [2.45, 2.75) is 148 Å². The van der Waals surface area contributed by atoms with Crippen molar-refractivity contribution < 1.29 is 32.4 Å². The van der Waals surface area contributed by atoms with Gasteiger partial charge in [-0.1, -0.05) is 85.3 Å². The van der Waals surface area contributed by atoms with Crippen molar-refractivity contribution in [1.82, 2.24) is 26.2 Å². The minimum Gasteiger partial charge on any atom is -0.346 e. The van der Waals surface area contributed by atoms with Gasteiger partial charge in [-0.15, -0.1) is 13.2 Å². The van der Waals surface area contributed by atoms with E-state index in [4.69, 9.17) is 0 Å². The molecule has 3 rings (SSSR count). The number of carbonyl (C=O) groups is 5. The van der Waals surface area contributed by atoms with E-state index in [0.717, 1.165) is 38.5 Å². The summed E-state index contributed by atoms with van der Waals surface area (Å²) >= 11 is 0. The summed E-state index contributed by atoms with van der Waals surface area (Å²) in [6.07, 6.45) is 10.3. The van der Waals surface area contributed by atoms with Crippen LogP contribution in [0.25, 0.3) is 0 Å². The van der Waals surface area contributed by atoms with Crippen LogP contribution in [0.15, 0.2) is 25.3 Å². The lowest BCUT2D eigenvalue weighted by molar-refractivity contribution is -0.145. The van der Waals surface area contributed by atoms with Crippen molar-refractivity contribution in [2.24, 2.45) is 22.7 Å². The maximum absolute atomic E-state index is 14.7. The standard InChI is InChI=1S/C39H65N5O7S/c1-11-22-40-33(47)30(45)28(24-26-17-16-18-26)41-32(46)29-27(38(9,10)12-2)19-23-44(29)34(48)31(36(3,4)5)42-35(49)43-39(20-14-13-15-21-39)25-52(50,51)37(6,7)8/h11-12,26-29,31H,1-2,13-25H2,3-10H3,(H,40,47)(H,41,46)(H2,42,43,49)/t27-,28?,29-,31+/m0/s1. The number of carbonyl (C=O) groups excluding carboxylic acids is 5. The van der Waals surface area contributed by atoms with E-state index in [1.165, 1.54) is 11.0 Å². The molecule has 1 heterocycles. The predicted octanol–water partition coefficient (Wildman–Crippen LogP) is 4.59. The Balaban J connectivity index is 1.93. The Morgan fingerprint density at radius 3 is 2.00 bits per heavy atom. The fourth-order valence-electron chi connectivity index (χ4n) is 7.59. The molecule has 1 aliphatic heterocycles. The van der Waals surface area contributed by atoms with Gasteiger partial charge in [-0.25, -0.2) is 13.2 Å². The van der Waals surface area contributed by atoms with Crippen LogP contribution in [0.3, 0.4) is 0 Å². The number of nitrogens with one attached hydrogen (secondary N) is 4. The molecule has 1 saturated heterocycles. The van der Waals surface area contributed by atoms with Gasteiger partial charge in [0.05, 0.1) is 22.1 Å². The molecule has 3 fully saturated rings. The van der Waals surface area contributed by atoms with E-state index >= 15 is 0 Å². The fraction of sp³-hybridized carbons (Fsp3) is 0.769. The molecule has 0 spiro atoms. The first-order chi connectivity index (χ1) is 24.0. The highest BCUT2D eigenvalue weighted by Crippen LogP contribution is 2.41. The maximum Gasteiger partial charge on any atom is 0.315 e. The van der Waals surface area contributed by atoms with Gasteiger partial charge in [0.2, 0.25) is 17.6 Å². The second kappa shape index (κ2) is 16.8. The van der Waals surface area contributed by atoms with Gasteiger partial charge in [0.1, 0.15) is 12.1 Å². The topological polar surface area (TPSA) is 171 Å². The molecule has 2 aliphatic carbocycles. The number of nitrogens with zero attached hydrogens (tertiary/aromatic N) is 1. The average molecular weight is 748 g/mol. The number of ketones is 1. The van der Waals surface area contributed by atoms with Crippen molar-refractivity contribution >= 4 is 39.4 Å². The average Bonchev–Trinajstić information content (AvgIpc) is 3.48. The van der Waals surface area contributed by atoms with E-state index < -0.39 is 78.6 Å². The first-order valence-corrected chi connectivity index (χ1v) is 20.6. The third-order valence-electron chi connectivity index (χ3n) is 11.5. The van der Waals surface area contributed by atoms with E-state index in [1.54, 1.807) is 26.8 Å². The zero-order valence-electron chi connectivity index (χ0n) is 32.9. The van der Waals surface area contributed by atoms with Gasteiger partial charge >= 0.3 is 6.03 Å². The van der Waals surface area contributed by atoms with Crippen LogP contribution in [0.5, 0.6) is 0 Å². The normalized spacial score (nSPS) is 22.3. The Bertz CT molecular complexity index is 1470. The van der Waals surface area contributed by atoms with E-state index in [-0.39, 0.29) is 30.7 Å². The number of amides is 5. The molecule has 12 nitrogen and oxygen atoms in total. The third kappa shape index (κ3) is 10.5. The number of likely N-dealkylation sites (tertiary alicyclic amines) is 1. The van der Waals surface area contributed by atoms with E-state index in [0.29, 0.717) is 25.7 Å². The SMILES string of the molecule is C=CCNC(=O)C(=O)C(CC1CCC1)NC(=O)[C@@H]1[C@@H](C(C)(C)C=C)CCN1C(=O)[C@@H](NC(=O)NC1(CS(=O)(=O)C(C)(C)C)CCCCC1)C(C)(C)C. The molecule has 4 atom stereocenters. The van der Waals surface area contributed by atoms with Crippen molar-refractivity contribution in [3.63, 3.8) is 0 Å². The molecule has 294 valence electrons. The highest BCUT2D eigenvalue weighted by Gasteiger charge is 2.51. The van der Waals surface area contributed by atoms with Crippen LogP contribution in [-0.4, -0.2) is 90.1 Å². The first-order valence-electron chi connectivity index (χ1n) is 19.0. The van der Waals surface area contributed by atoms with Gasteiger partial charge in [-0.2, -0.15) is 0 Å². The molecule has 0 aromatic heterocycles. The molecule has 2 saturated carbocycles. The van der Waals surface area contributed by atoms with Crippen molar-refractivity contribution in [3.8, 4) is 0 Å². The van der Waals surface area contributed by atoms with Crippen LogP contribution in [0.1, 0.15) is 120 Å². The van der Waals surface area contributed by atoms with Gasteiger partial charge in [-0.05, 0) is 69.1 Å². The summed E-state index contributed by atoms with van der Waals surface area (Å²) in [6, 6.07) is -3.79. The highest BCUT2D eigenvalue weighted by molar-refractivity contribution is 7.92. The Labute approximate surface area is 312 Å². The lowest BCUT2D eigenvalue weighted by Gasteiger charge is -2.41. The number of Topliss-reactive ketones (excluding diaryl/α,β-unsaturated/α-hetero) is 1. The van der Waals surface area contributed by atoms with Gasteiger partial charge in [0.25, 0.3) is 5.91 Å². The molecule has 13 heteroatoms. The maximum atomic E-state index is 14.7. The van der Waals surface area contributed by atoms with Crippen molar-refractivity contribution in [3.05, 3.63) is 25.3 Å². The first kappa shape index (κ1) is 43.2. The molecule has 0 aromatic rings. The van der Waals surface area contributed by atoms with Gasteiger partial charge < -0.3 is 26.2 Å². The van der Waals surface area contributed by atoms with Crippen LogP contribution in [0.2, 0.25) is 0 Å². The largest absolute Gasteiger partial charge is 0.346 e. The van der Waals surface area contributed by atoms with Crippen LogP contribution in [0.4, 0.5) is 4.79 Å². The van der Waals surface area contributed by atoms with E-state index in [2.05, 4.69) is 34.4 Å². The molecule has 1 unspecified atom stereocenters. The lowest BCUT2D eigenvalue weighted by Crippen LogP contribution is -2.64. The summed E-state index contributed by atoms with van der Waals surface area (Å²) < 4.78 is 25.7. The second-order valence-electron chi connectivity index (χ2n) is 18.0. The number of sulfone groups is 1. The molecule has 52 heavy (non-hydrogen) atoms. The minimum absolute atomic E-state index is 0.109. The van der Waals surface area contributed by atoms with Crippen LogP contribution in [-0.2, 0) is 29.0 Å². The predicted molar refractivity (Wildman–Crippen MR) is 204 cm³/mol. The highest BCUT2D eigenvalue weighted by atomic mass is 32.2. The number of hydrogen-bond acceptors (Lipinski definition) is 7. The lowest BCUT2D eigenvalue weighted by atomic mass is 9.74. The fourth-order valence-corrected chi connectivity index (χ4v) is 9.11.